The van der Waals surface area contributed by atoms with Crippen molar-refractivity contribution in [2.24, 2.45) is 17.6 Å². The second-order valence-electron chi connectivity index (χ2n) is 4.94. The molecule has 0 aromatic rings. The van der Waals surface area contributed by atoms with Gasteiger partial charge < -0.3 is 16.2 Å². The Bertz CT molecular complexity index is 277. The number of nitrogens with one attached hydrogen (secondary N) is 1. The van der Waals surface area contributed by atoms with Gasteiger partial charge in [-0.1, -0.05) is 6.92 Å². The number of amides is 1. The monoisotopic (exact) mass is 242 g/mol. The molecule has 4 N–H and O–H groups in total. The number of nitrogens with two attached hydrogens (primary N) is 1. The van der Waals surface area contributed by atoms with E-state index in [0.717, 1.165) is 25.7 Å². The van der Waals surface area contributed by atoms with Gasteiger partial charge in [-0.25, -0.2) is 4.79 Å². The quantitative estimate of drug-likeness (QED) is 0.585. The lowest BCUT2D eigenvalue weighted by Crippen LogP contribution is -2.42. The molecule has 0 aliphatic heterocycles. The van der Waals surface area contributed by atoms with Crippen molar-refractivity contribution >= 4 is 11.9 Å². The van der Waals surface area contributed by atoms with Gasteiger partial charge in [0.05, 0.1) is 0 Å². The van der Waals surface area contributed by atoms with Crippen LogP contribution in [0, 0.1) is 11.8 Å². The Morgan fingerprint density at radius 3 is 2.53 bits per heavy atom. The molecule has 5 nitrogen and oxygen atoms in total. The Kier molecular flexibility index (Phi) is 5.41. The maximum atomic E-state index is 11.6. The summed E-state index contributed by atoms with van der Waals surface area (Å²) in [5, 5.41) is 11.6. The van der Waals surface area contributed by atoms with Gasteiger partial charge in [0.25, 0.3) is 0 Å². The Labute approximate surface area is 102 Å². The highest BCUT2D eigenvalue weighted by Crippen LogP contribution is 2.32. The van der Waals surface area contributed by atoms with Crippen LogP contribution in [0.1, 0.15) is 39.0 Å². The molecule has 5 heteroatoms. The molecule has 1 saturated carbocycles. The minimum Gasteiger partial charge on any atom is -0.480 e. The third kappa shape index (κ3) is 5.17. The molecule has 98 valence electrons. The van der Waals surface area contributed by atoms with Crippen molar-refractivity contribution in [2.45, 2.75) is 45.1 Å². The van der Waals surface area contributed by atoms with Crippen LogP contribution in [0.5, 0.6) is 0 Å². The second kappa shape index (κ2) is 6.59. The zero-order valence-electron chi connectivity index (χ0n) is 10.3. The standard InChI is InChI=1S/C12H22N2O3/c1-8(6-7-13)2-5-10(15)14-11(12(16)17)9-3-4-9/h8-9,11H,2-7,13H2,1H3,(H,14,15)(H,16,17). The lowest BCUT2D eigenvalue weighted by Gasteiger charge is -2.14. The van der Waals surface area contributed by atoms with E-state index in [9.17, 15) is 9.59 Å². The van der Waals surface area contributed by atoms with Crippen molar-refractivity contribution in [1.82, 2.24) is 5.32 Å². The van der Waals surface area contributed by atoms with Crippen LogP contribution < -0.4 is 11.1 Å². The highest BCUT2D eigenvalue weighted by Gasteiger charge is 2.37. The van der Waals surface area contributed by atoms with Crippen molar-refractivity contribution in [3.63, 3.8) is 0 Å². The summed E-state index contributed by atoms with van der Waals surface area (Å²) >= 11 is 0. The first-order chi connectivity index (χ1) is 8.04. The molecule has 1 aliphatic carbocycles. The molecule has 0 bridgehead atoms. The number of rotatable bonds is 8. The van der Waals surface area contributed by atoms with Gasteiger partial charge in [-0.2, -0.15) is 0 Å². The van der Waals surface area contributed by atoms with E-state index < -0.39 is 12.0 Å². The predicted octanol–water partition coefficient (Wildman–Crippen LogP) is 0.731. The lowest BCUT2D eigenvalue weighted by atomic mass is 10.0. The fourth-order valence-corrected chi connectivity index (χ4v) is 1.86. The number of carbonyl (C=O) groups excluding carboxylic acids is 1. The Balaban J connectivity index is 2.25. The van der Waals surface area contributed by atoms with Crippen LogP contribution in [0.3, 0.4) is 0 Å². The van der Waals surface area contributed by atoms with E-state index in [0.29, 0.717) is 18.9 Å². The minimum atomic E-state index is -0.921. The predicted molar refractivity (Wildman–Crippen MR) is 64.4 cm³/mol. The van der Waals surface area contributed by atoms with Crippen LogP contribution in [-0.2, 0) is 9.59 Å². The molecule has 0 spiro atoms. The molecule has 1 fully saturated rings. The van der Waals surface area contributed by atoms with Gasteiger partial charge in [-0.3, -0.25) is 4.79 Å². The van der Waals surface area contributed by atoms with E-state index in [1.807, 2.05) is 0 Å². The van der Waals surface area contributed by atoms with E-state index >= 15 is 0 Å². The Morgan fingerprint density at radius 2 is 2.06 bits per heavy atom. The number of carbonyl (C=O) groups is 2. The minimum absolute atomic E-state index is 0.137. The summed E-state index contributed by atoms with van der Waals surface area (Å²) in [6.45, 7) is 2.68. The highest BCUT2D eigenvalue weighted by molar-refractivity contribution is 5.83. The van der Waals surface area contributed by atoms with Gasteiger partial charge in [0.1, 0.15) is 6.04 Å². The molecule has 0 saturated heterocycles. The van der Waals surface area contributed by atoms with Gasteiger partial charge in [0.15, 0.2) is 0 Å². The van der Waals surface area contributed by atoms with Gasteiger partial charge in [0.2, 0.25) is 5.91 Å². The number of hydrogen-bond acceptors (Lipinski definition) is 3. The van der Waals surface area contributed by atoms with Gasteiger partial charge in [-0.15, -0.1) is 0 Å². The summed E-state index contributed by atoms with van der Waals surface area (Å²) in [4.78, 5) is 22.5. The van der Waals surface area contributed by atoms with Crippen LogP contribution in [0.2, 0.25) is 0 Å². The van der Waals surface area contributed by atoms with Crippen LogP contribution in [0.4, 0.5) is 0 Å². The SMILES string of the molecule is CC(CCN)CCC(=O)NC(C(=O)O)C1CC1. The zero-order chi connectivity index (χ0) is 12.8. The van der Waals surface area contributed by atoms with Crippen LogP contribution in [0.25, 0.3) is 0 Å². The van der Waals surface area contributed by atoms with Crippen molar-refractivity contribution in [2.75, 3.05) is 6.54 Å². The number of aliphatic carboxylic acids is 1. The zero-order valence-corrected chi connectivity index (χ0v) is 10.3. The average Bonchev–Trinajstić information content (AvgIpc) is 3.07. The summed E-state index contributed by atoms with van der Waals surface area (Å²) < 4.78 is 0. The van der Waals surface area contributed by atoms with Crippen LogP contribution in [-0.4, -0.2) is 29.6 Å². The van der Waals surface area contributed by atoms with Crippen LogP contribution in [0.15, 0.2) is 0 Å². The van der Waals surface area contributed by atoms with E-state index in [4.69, 9.17) is 10.8 Å². The topological polar surface area (TPSA) is 92.4 Å². The Morgan fingerprint density at radius 1 is 1.41 bits per heavy atom. The smallest absolute Gasteiger partial charge is 0.326 e. The van der Waals surface area contributed by atoms with Gasteiger partial charge in [0, 0.05) is 6.42 Å². The second-order valence-corrected chi connectivity index (χ2v) is 4.94. The fourth-order valence-electron chi connectivity index (χ4n) is 1.86. The third-order valence-corrected chi connectivity index (χ3v) is 3.20. The molecule has 1 rings (SSSR count). The van der Waals surface area contributed by atoms with E-state index in [1.54, 1.807) is 0 Å². The maximum Gasteiger partial charge on any atom is 0.326 e. The number of hydrogen-bond donors (Lipinski definition) is 3. The summed E-state index contributed by atoms with van der Waals surface area (Å²) in [5.41, 5.74) is 5.43. The summed E-state index contributed by atoms with van der Waals surface area (Å²) in [6, 6.07) is -0.688. The summed E-state index contributed by atoms with van der Waals surface area (Å²) in [5.74, 6) is -0.531. The molecular formula is C12H22N2O3. The van der Waals surface area contributed by atoms with Gasteiger partial charge in [-0.05, 0) is 44.1 Å². The fraction of sp³-hybridized carbons (Fsp3) is 0.833. The Hall–Kier alpha value is -1.10. The van der Waals surface area contributed by atoms with Crippen molar-refractivity contribution in [1.29, 1.82) is 0 Å². The summed E-state index contributed by atoms with van der Waals surface area (Å²) in [7, 11) is 0. The number of carboxylic acids is 1. The molecule has 2 unspecified atom stereocenters. The summed E-state index contributed by atoms with van der Waals surface area (Å²) in [6.07, 6.45) is 3.86. The molecule has 0 radical (unpaired) electrons. The van der Waals surface area contributed by atoms with Crippen LogP contribution >= 0.6 is 0 Å². The first-order valence-electron chi connectivity index (χ1n) is 6.26. The van der Waals surface area contributed by atoms with E-state index in [-0.39, 0.29) is 11.8 Å². The van der Waals surface area contributed by atoms with E-state index in [2.05, 4.69) is 12.2 Å². The first kappa shape index (κ1) is 14.0. The van der Waals surface area contributed by atoms with Crippen molar-refractivity contribution in [3.05, 3.63) is 0 Å². The molecule has 0 heterocycles. The molecular weight excluding hydrogens is 220 g/mol. The van der Waals surface area contributed by atoms with Crippen molar-refractivity contribution in [3.8, 4) is 0 Å². The maximum absolute atomic E-state index is 11.6. The number of carboxylic acid groups (broad SMARTS) is 1. The highest BCUT2D eigenvalue weighted by atomic mass is 16.4. The molecule has 2 atom stereocenters. The van der Waals surface area contributed by atoms with Crippen molar-refractivity contribution < 1.29 is 14.7 Å². The lowest BCUT2D eigenvalue weighted by molar-refractivity contribution is -0.142. The molecule has 1 aliphatic rings. The molecule has 17 heavy (non-hydrogen) atoms. The molecule has 1 amide bonds. The molecule has 0 aromatic heterocycles. The molecule has 0 aromatic carbocycles. The largest absolute Gasteiger partial charge is 0.480 e. The van der Waals surface area contributed by atoms with Gasteiger partial charge >= 0.3 is 5.97 Å². The third-order valence-electron chi connectivity index (χ3n) is 3.20. The normalized spacial score (nSPS) is 18.5. The van der Waals surface area contributed by atoms with E-state index in [1.165, 1.54) is 0 Å². The average molecular weight is 242 g/mol. The first-order valence-corrected chi connectivity index (χ1v) is 6.26.